The van der Waals surface area contributed by atoms with E-state index in [0.29, 0.717) is 11.8 Å². The molecule has 3 saturated heterocycles. The number of hydrogen-bond acceptors (Lipinski definition) is 4. The van der Waals surface area contributed by atoms with Gasteiger partial charge in [0.2, 0.25) is 0 Å². The van der Waals surface area contributed by atoms with Crippen LogP contribution in [0.2, 0.25) is 0 Å². The van der Waals surface area contributed by atoms with Crippen LogP contribution in [0, 0.1) is 11.8 Å². The molecule has 1 aromatic heterocycles. The molecule has 5 rings (SSSR count). The molecule has 23 heavy (non-hydrogen) atoms. The van der Waals surface area contributed by atoms with Crippen molar-refractivity contribution in [2.24, 2.45) is 17.6 Å². The molecule has 0 saturated carbocycles. The molecule has 3 fully saturated rings. The zero-order valence-electron chi connectivity index (χ0n) is 13.2. The van der Waals surface area contributed by atoms with Gasteiger partial charge in [0.1, 0.15) is 0 Å². The van der Waals surface area contributed by atoms with Gasteiger partial charge in [-0.3, -0.25) is 9.88 Å². The van der Waals surface area contributed by atoms with Gasteiger partial charge in [-0.15, -0.1) is 6.58 Å². The van der Waals surface area contributed by atoms with E-state index in [1.165, 1.54) is 0 Å². The van der Waals surface area contributed by atoms with Crippen molar-refractivity contribution in [3.8, 4) is 0 Å². The van der Waals surface area contributed by atoms with Gasteiger partial charge in [0, 0.05) is 30.1 Å². The highest BCUT2D eigenvalue weighted by atomic mass is 16.3. The minimum Gasteiger partial charge on any atom is -0.387 e. The van der Waals surface area contributed by atoms with Gasteiger partial charge in [0.15, 0.2) is 0 Å². The van der Waals surface area contributed by atoms with Crippen molar-refractivity contribution < 1.29 is 5.11 Å². The van der Waals surface area contributed by atoms with E-state index in [-0.39, 0.29) is 12.2 Å². The highest BCUT2D eigenvalue weighted by Gasteiger charge is 2.46. The van der Waals surface area contributed by atoms with E-state index < -0.39 is 6.10 Å². The molecule has 3 N–H and O–H groups in total. The van der Waals surface area contributed by atoms with Crippen molar-refractivity contribution in [3.05, 3.63) is 54.7 Å². The summed E-state index contributed by atoms with van der Waals surface area (Å²) in [5.41, 5.74) is 8.30. The third-order valence-corrected chi connectivity index (χ3v) is 5.69. The molecule has 4 nitrogen and oxygen atoms in total. The van der Waals surface area contributed by atoms with E-state index in [9.17, 15) is 5.11 Å². The molecule has 3 aliphatic rings. The van der Waals surface area contributed by atoms with Crippen molar-refractivity contribution in [3.63, 3.8) is 0 Å². The number of pyridine rings is 1. The molecule has 0 aliphatic carbocycles. The topological polar surface area (TPSA) is 62.4 Å². The normalized spacial score (nSPS) is 34.4. The summed E-state index contributed by atoms with van der Waals surface area (Å²) in [5, 5.41) is 12.1. The van der Waals surface area contributed by atoms with E-state index in [0.717, 1.165) is 35.9 Å². The van der Waals surface area contributed by atoms with Crippen LogP contribution in [0.5, 0.6) is 0 Å². The number of rotatable bonds is 3. The Kier molecular flexibility index (Phi) is 3.68. The SMILES string of the molecule is C=C[C@@H]1C(N)N2CC[C@H]1C[C@H]2[C@H](O)c1ccnc2ccccc12. The number of para-hydroxylation sites is 1. The van der Waals surface area contributed by atoms with Gasteiger partial charge >= 0.3 is 0 Å². The lowest BCUT2D eigenvalue weighted by atomic mass is 9.72. The lowest BCUT2D eigenvalue weighted by Crippen LogP contribution is -2.63. The van der Waals surface area contributed by atoms with E-state index in [1.807, 2.05) is 36.4 Å². The van der Waals surface area contributed by atoms with Gasteiger partial charge in [-0.05, 0) is 36.5 Å². The maximum Gasteiger partial charge on any atom is 0.0952 e. The minimum absolute atomic E-state index is 0.0345. The third-order valence-electron chi connectivity index (χ3n) is 5.69. The van der Waals surface area contributed by atoms with Crippen LogP contribution in [-0.2, 0) is 0 Å². The first kappa shape index (κ1) is 14.8. The number of nitrogens with zero attached hydrogens (tertiary/aromatic N) is 2. The highest BCUT2D eigenvalue weighted by molar-refractivity contribution is 5.82. The van der Waals surface area contributed by atoms with Crippen LogP contribution in [0.15, 0.2) is 49.2 Å². The molecule has 2 aromatic rings. The van der Waals surface area contributed by atoms with Crippen molar-refractivity contribution in [1.29, 1.82) is 0 Å². The number of hydrogen-bond donors (Lipinski definition) is 2. The smallest absolute Gasteiger partial charge is 0.0952 e. The molecule has 120 valence electrons. The van der Waals surface area contributed by atoms with Gasteiger partial charge in [0.05, 0.1) is 17.8 Å². The number of aliphatic hydroxyl groups excluding tert-OH is 1. The molecule has 4 heterocycles. The van der Waals surface area contributed by atoms with E-state index in [4.69, 9.17) is 5.73 Å². The number of benzene rings is 1. The van der Waals surface area contributed by atoms with E-state index in [2.05, 4.69) is 16.5 Å². The lowest BCUT2D eigenvalue weighted by molar-refractivity contribution is -0.0807. The Morgan fingerprint density at radius 1 is 1.35 bits per heavy atom. The Hall–Kier alpha value is -1.75. The molecule has 0 amide bonds. The molecule has 3 aliphatic heterocycles. The number of aliphatic hydroxyl groups is 1. The monoisotopic (exact) mass is 309 g/mol. The summed E-state index contributed by atoms with van der Waals surface area (Å²) in [6.07, 6.45) is 5.32. The van der Waals surface area contributed by atoms with Crippen molar-refractivity contribution in [2.45, 2.75) is 31.2 Å². The maximum atomic E-state index is 11.1. The predicted octanol–water partition coefficient (Wildman–Crippen LogP) is 2.45. The Morgan fingerprint density at radius 2 is 2.17 bits per heavy atom. The second-order valence-electron chi connectivity index (χ2n) is 6.76. The fourth-order valence-electron chi connectivity index (χ4n) is 4.49. The largest absolute Gasteiger partial charge is 0.387 e. The molecule has 0 radical (unpaired) electrons. The van der Waals surface area contributed by atoms with Gasteiger partial charge in [-0.25, -0.2) is 0 Å². The number of fused-ring (bicyclic) bond motifs is 4. The summed E-state index contributed by atoms with van der Waals surface area (Å²) in [6.45, 7) is 4.90. The molecule has 4 heteroatoms. The van der Waals surface area contributed by atoms with Crippen LogP contribution in [0.4, 0.5) is 0 Å². The van der Waals surface area contributed by atoms with Crippen molar-refractivity contribution in [1.82, 2.24) is 9.88 Å². The Labute approximate surface area is 136 Å². The molecule has 2 unspecified atom stereocenters. The van der Waals surface area contributed by atoms with Crippen LogP contribution >= 0.6 is 0 Å². The van der Waals surface area contributed by atoms with Crippen LogP contribution < -0.4 is 5.73 Å². The number of aromatic nitrogens is 1. The third kappa shape index (κ3) is 2.29. The summed E-state index contributed by atoms with van der Waals surface area (Å²) < 4.78 is 0. The number of nitrogens with two attached hydrogens (primary N) is 1. The molecular weight excluding hydrogens is 286 g/mol. The Morgan fingerprint density at radius 3 is 2.96 bits per heavy atom. The van der Waals surface area contributed by atoms with Gasteiger partial charge in [-0.1, -0.05) is 24.3 Å². The summed E-state index contributed by atoms with van der Waals surface area (Å²) in [7, 11) is 0. The average molecular weight is 309 g/mol. The number of piperidine rings is 3. The lowest BCUT2D eigenvalue weighted by Gasteiger charge is -2.54. The quantitative estimate of drug-likeness (QED) is 0.855. The van der Waals surface area contributed by atoms with Crippen molar-refractivity contribution >= 4 is 10.9 Å². The fraction of sp³-hybridized carbons (Fsp3) is 0.421. The van der Waals surface area contributed by atoms with Crippen LogP contribution in [0.25, 0.3) is 10.9 Å². The average Bonchev–Trinajstić information content (AvgIpc) is 2.61. The van der Waals surface area contributed by atoms with Crippen molar-refractivity contribution in [2.75, 3.05) is 6.54 Å². The zero-order valence-corrected chi connectivity index (χ0v) is 13.2. The predicted molar refractivity (Wildman–Crippen MR) is 91.6 cm³/mol. The Balaban J connectivity index is 1.69. The van der Waals surface area contributed by atoms with Crippen LogP contribution in [0.1, 0.15) is 24.5 Å². The van der Waals surface area contributed by atoms with Gasteiger partial charge < -0.3 is 10.8 Å². The van der Waals surface area contributed by atoms with Gasteiger partial charge in [-0.2, -0.15) is 0 Å². The standard InChI is InChI=1S/C19H23N3O/c1-2-13-12-8-10-22(19(13)20)17(11-12)18(23)15-7-9-21-16-6-4-3-5-14(15)16/h2-7,9,12-13,17-19,23H,1,8,10-11,20H2/t12-,13-,17-,18+,19?/m0/s1. The maximum absolute atomic E-state index is 11.1. The second kappa shape index (κ2) is 5.71. The summed E-state index contributed by atoms with van der Waals surface area (Å²) in [5.74, 6) is 0.863. The summed E-state index contributed by atoms with van der Waals surface area (Å²) in [6, 6.07) is 10.00. The summed E-state index contributed by atoms with van der Waals surface area (Å²) >= 11 is 0. The van der Waals surface area contributed by atoms with Gasteiger partial charge in [0.25, 0.3) is 0 Å². The summed E-state index contributed by atoms with van der Waals surface area (Å²) in [4.78, 5) is 6.67. The first-order valence-electron chi connectivity index (χ1n) is 8.36. The van der Waals surface area contributed by atoms with E-state index >= 15 is 0 Å². The molecular formula is C19H23N3O. The first-order valence-corrected chi connectivity index (χ1v) is 8.36. The zero-order chi connectivity index (χ0) is 16.0. The van der Waals surface area contributed by atoms with Crippen LogP contribution in [0.3, 0.4) is 0 Å². The van der Waals surface area contributed by atoms with Crippen LogP contribution in [-0.4, -0.2) is 33.7 Å². The molecule has 6 atom stereocenters. The second-order valence-corrected chi connectivity index (χ2v) is 6.76. The highest BCUT2D eigenvalue weighted by Crippen LogP contribution is 2.43. The first-order chi connectivity index (χ1) is 11.2. The molecule has 2 bridgehead atoms. The molecule has 1 aromatic carbocycles. The fourth-order valence-corrected chi connectivity index (χ4v) is 4.49. The molecule has 0 spiro atoms. The van der Waals surface area contributed by atoms with E-state index in [1.54, 1.807) is 6.20 Å². The minimum atomic E-state index is -0.539. The Bertz CT molecular complexity index is 724.